The molecule has 0 saturated heterocycles. The molecule has 1 aromatic rings. The number of hydrogen-bond acceptors (Lipinski definition) is 3. The van der Waals surface area contributed by atoms with Crippen molar-refractivity contribution in [3.8, 4) is 0 Å². The van der Waals surface area contributed by atoms with Crippen LogP contribution in [0.5, 0.6) is 0 Å². The summed E-state index contributed by atoms with van der Waals surface area (Å²) in [5.74, 6) is 0.669. The predicted molar refractivity (Wildman–Crippen MR) is 95.7 cm³/mol. The number of sulfone groups is 1. The second kappa shape index (κ2) is 7.68. The summed E-state index contributed by atoms with van der Waals surface area (Å²) in [6, 6.07) is 6.73. The van der Waals surface area contributed by atoms with E-state index in [0.717, 1.165) is 32.1 Å². The SMILES string of the molecule is O=C(CCC1CCCC1)Nc1cccc(S(=O)(=O)C2CCCC2)c1. The Labute approximate surface area is 145 Å². The molecule has 0 radical (unpaired) electrons. The first-order valence-electron chi connectivity index (χ1n) is 9.19. The van der Waals surface area contributed by atoms with Gasteiger partial charge >= 0.3 is 0 Å². The summed E-state index contributed by atoms with van der Waals surface area (Å²) in [6.07, 6.45) is 9.98. The fourth-order valence-corrected chi connectivity index (χ4v) is 5.90. The Hall–Kier alpha value is -1.36. The number of benzene rings is 1. The van der Waals surface area contributed by atoms with E-state index in [1.165, 1.54) is 25.7 Å². The molecule has 132 valence electrons. The van der Waals surface area contributed by atoms with E-state index in [2.05, 4.69) is 5.32 Å². The second-order valence-electron chi connectivity index (χ2n) is 7.22. The van der Waals surface area contributed by atoms with Gasteiger partial charge in [0.05, 0.1) is 10.1 Å². The molecule has 0 unspecified atom stereocenters. The van der Waals surface area contributed by atoms with Gasteiger partial charge in [0.15, 0.2) is 9.84 Å². The monoisotopic (exact) mass is 349 g/mol. The van der Waals surface area contributed by atoms with Crippen molar-refractivity contribution in [2.75, 3.05) is 5.32 Å². The molecule has 0 bridgehead atoms. The van der Waals surface area contributed by atoms with E-state index in [9.17, 15) is 13.2 Å². The maximum atomic E-state index is 12.7. The van der Waals surface area contributed by atoms with Crippen LogP contribution >= 0.6 is 0 Å². The number of rotatable bonds is 6. The first-order valence-corrected chi connectivity index (χ1v) is 10.7. The molecule has 1 amide bonds. The Balaban J connectivity index is 1.61. The zero-order valence-corrected chi connectivity index (χ0v) is 15.0. The van der Waals surface area contributed by atoms with Gasteiger partial charge < -0.3 is 5.32 Å². The van der Waals surface area contributed by atoms with Gasteiger partial charge in [-0.25, -0.2) is 8.42 Å². The van der Waals surface area contributed by atoms with Gasteiger partial charge in [0.25, 0.3) is 0 Å². The van der Waals surface area contributed by atoms with Gasteiger partial charge in [0.2, 0.25) is 5.91 Å². The largest absolute Gasteiger partial charge is 0.326 e. The summed E-state index contributed by atoms with van der Waals surface area (Å²) in [5.41, 5.74) is 0.588. The molecule has 2 saturated carbocycles. The van der Waals surface area contributed by atoms with Crippen molar-refractivity contribution in [3.05, 3.63) is 24.3 Å². The standard InChI is InChI=1S/C19H27NO3S/c21-19(13-12-15-6-1-2-7-15)20-16-8-5-11-18(14-16)24(22,23)17-9-3-4-10-17/h5,8,11,14-15,17H,1-4,6-7,9-10,12-13H2,(H,20,21). The molecule has 0 aliphatic heterocycles. The number of anilines is 1. The van der Waals surface area contributed by atoms with Crippen molar-refractivity contribution >= 4 is 21.4 Å². The summed E-state index contributed by atoms with van der Waals surface area (Å²) in [4.78, 5) is 12.5. The zero-order chi connectivity index (χ0) is 17.0. The molecule has 24 heavy (non-hydrogen) atoms. The van der Waals surface area contributed by atoms with Crippen LogP contribution in [0.25, 0.3) is 0 Å². The summed E-state index contributed by atoms with van der Waals surface area (Å²) >= 11 is 0. The number of amides is 1. The number of carbonyl (C=O) groups is 1. The molecule has 2 aliphatic rings. The number of carbonyl (C=O) groups excluding carboxylic acids is 1. The van der Waals surface area contributed by atoms with Crippen LogP contribution in [0.2, 0.25) is 0 Å². The summed E-state index contributed by atoms with van der Waals surface area (Å²) in [6.45, 7) is 0. The van der Waals surface area contributed by atoms with Gasteiger partial charge in [-0.15, -0.1) is 0 Å². The van der Waals surface area contributed by atoms with E-state index in [-0.39, 0.29) is 11.2 Å². The average Bonchev–Trinajstić information content (AvgIpc) is 3.27. The maximum absolute atomic E-state index is 12.7. The van der Waals surface area contributed by atoms with E-state index >= 15 is 0 Å². The molecule has 5 heteroatoms. The molecule has 3 rings (SSSR count). The fraction of sp³-hybridized carbons (Fsp3) is 0.632. The molecule has 2 aliphatic carbocycles. The van der Waals surface area contributed by atoms with Crippen molar-refractivity contribution in [1.29, 1.82) is 0 Å². The van der Waals surface area contributed by atoms with E-state index in [1.807, 2.05) is 0 Å². The Bertz CT molecular complexity index is 672. The van der Waals surface area contributed by atoms with Gasteiger partial charge in [0.1, 0.15) is 0 Å². The highest BCUT2D eigenvalue weighted by atomic mass is 32.2. The first-order chi connectivity index (χ1) is 11.6. The van der Waals surface area contributed by atoms with Crippen molar-refractivity contribution in [2.24, 2.45) is 5.92 Å². The molecule has 0 atom stereocenters. The predicted octanol–water partition coefficient (Wildman–Crippen LogP) is 4.31. The topological polar surface area (TPSA) is 63.2 Å². The van der Waals surface area contributed by atoms with Crippen molar-refractivity contribution < 1.29 is 13.2 Å². The molecule has 1 N–H and O–H groups in total. The van der Waals surface area contributed by atoms with Crippen LogP contribution in [-0.4, -0.2) is 19.6 Å². The maximum Gasteiger partial charge on any atom is 0.224 e. The normalized spacial score (nSPS) is 19.7. The van der Waals surface area contributed by atoms with Gasteiger partial charge in [0, 0.05) is 12.1 Å². The molecule has 4 nitrogen and oxygen atoms in total. The van der Waals surface area contributed by atoms with Crippen molar-refractivity contribution in [1.82, 2.24) is 0 Å². The van der Waals surface area contributed by atoms with Gasteiger partial charge in [-0.1, -0.05) is 44.6 Å². The van der Waals surface area contributed by atoms with Gasteiger partial charge in [-0.2, -0.15) is 0 Å². The molecule has 0 aromatic heterocycles. The molecule has 2 fully saturated rings. The Kier molecular flexibility index (Phi) is 5.59. The van der Waals surface area contributed by atoms with Gasteiger partial charge in [-0.3, -0.25) is 4.79 Å². The van der Waals surface area contributed by atoms with E-state index < -0.39 is 9.84 Å². The van der Waals surface area contributed by atoms with Crippen molar-refractivity contribution in [3.63, 3.8) is 0 Å². The Morgan fingerprint density at radius 1 is 1.04 bits per heavy atom. The van der Waals surface area contributed by atoms with Crippen molar-refractivity contribution in [2.45, 2.75) is 74.4 Å². The molecule has 0 spiro atoms. The molecular weight excluding hydrogens is 322 g/mol. The smallest absolute Gasteiger partial charge is 0.224 e. The summed E-state index contributed by atoms with van der Waals surface area (Å²) in [5, 5.41) is 2.61. The van der Waals surface area contributed by atoms with Crippen LogP contribution in [0.15, 0.2) is 29.2 Å². The number of hydrogen-bond donors (Lipinski definition) is 1. The number of nitrogens with one attached hydrogen (secondary N) is 1. The lowest BCUT2D eigenvalue weighted by Gasteiger charge is -2.13. The third kappa shape index (κ3) is 4.18. The lowest BCUT2D eigenvalue weighted by atomic mass is 10.0. The molecular formula is C19H27NO3S. The third-order valence-corrected chi connectivity index (χ3v) is 7.70. The van der Waals surface area contributed by atoms with E-state index in [1.54, 1.807) is 24.3 Å². The van der Waals surface area contributed by atoms with Crippen LogP contribution in [0, 0.1) is 5.92 Å². The van der Waals surface area contributed by atoms with Gasteiger partial charge in [-0.05, 0) is 43.4 Å². The molecule has 1 aromatic carbocycles. The highest BCUT2D eigenvalue weighted by Gasteiger charge is 2.30. The van der Waals surface area contributed by atoms with Crippen LogP contribution in [-0.2, 0) is 14.6 Å². The summed E-state index contributed by atoms with van der Waals surface area (Å²) < 4.78 is 25.3. The molecule has 0 heterocycles. The lowest BCUT2D eigenvalue weighted by Crippen LogP contribution is -2.18. The lowest BCUT2D eigenvalue weighted by molar-refractivity contribution is -0.116. The fourth-order valence-electron chi connectivity index (χ4n) is 4.00. The van der Waals surface area contributed by atoms with Crippen LogP contribution in [0.4, 0.5) is 5.69 Å². The summed E-state index contributed by atoms with van der Waals surface area (Å²) in [7, 11) is -3.27. The average molecular weight is 349 g/mol. The van der Waals surface area contributed by atoms with E-state index in [0.29, 0.717) is 22.9 Å². The van der Waals surface area contributed by atoms with Crippen LogP contribution < -0.4 is 5.32 Å². The third-order valence-electron chi connectivity index (χ3n) is 5.44. The highest BCUT2D eigenvalue weighted by Crippen LogP contribution is 2.31. The van der Waals surface area contributed by atoms with E-state index in [4.69, 9.17) is 0 Å². The second-order valence-corrected chi connectivity index (χ2v) is 9.44. The quantitative estimate of drug-likeness (QED) is 0.832. The Morgan fingerprint density at radius 2 is 1.71 bits per heavy atom. The van der Waals surface area contributed by atoms with Crippen LogP contribution in [0.1, 0.15) is 64.2 Å². The first kappa shape index (κ1) is 17.5. The minimum atomic E-state index is -3.27. The Morgan fingerprint density at radius 3 is 2.42 bits per heavy atom. The highest BCUT2D eigenvalue weighted by molar-refractivity contribution is 7.92. The minimum Gasteiger partial charge on any atom is -0.326 e. The zero-order valence-electron chi connectivity index (χ0n) is 14.2. The minimum absolute atomic E-state index is 0.0164. The van der Waals surface area contributed by atoms with Crippen LogP contribution in [0.3, 0.4) is 0 Å².